The van der Waals surface area contributed by atoms with E-state index in [0.29, 0.717) is 0 Å². The summed E-state index contributed by atoms with van der Waals surface area (Å²) in [4.78, 5) is 4.15. The summed E-state index contributed by atoms with van der Waals surface area (Å²) in [5.41, 5.74) is 1.31. The highest BCUT2D eigenvalue weighted by molar-refractivity contribution is 5.38. The van der Waals surface area contributed by atoms with Gasteiger partial charge in [0.15, 0.2) is 0 Å². The van der Waals surface area contributed by atoms with Gasteiger partial charge in [-0.25, -0.2) is 0 Å². The van der Waals surface area contributed by atoms with Crippen LogP contribution in [0, 0.1) is 0 Å². The van der Waals surface area contributed by atoms with Crippen LogP contribution in [0.2, 0.25) is 0 Å². The maximum atomic E-state index is 4.15. The Balaban J connectivity index is 3.34. The van der Waals surface area contributed by atoms with Crippen LogP contribution in [0.5, 0.6) is 0 Å². The van der Waals surface area contributed by atoms with Crippen LogP contribution in [0.25, 0.3) is 12.7 Å². The molecule has 0 N–H and O–H groups in total. The van der Waals surface area contributed by atoms with Crippen molar-refractivity contribution < 1.29 is 0 Å². The molecule has 0 aliphatic rings. The molecule has 1 aromatic heterocycles. The molecule has 0 fully saturated rings. The highest BCUT2D eigenvalue weighted by Gasteiger charge is 1.93. The summed E-state index contributed by atoms with van der Waals surface area (Å²) < 4.78 is 0. The van der Waals surface area contributed by atoms with Crippen LogP contribution in [-0.4, -0.2) is 4.98 Å². The molecule has 1 rings (SSSR count). The zero-order valence-electron chi connectivity index (χ0n) is 8.09. The molecule has 0 aliphatic carbocycles. The largest absolute Gasteiger partial charge is 0.257 e. The molecule has 0 unspecified atom stereocenters. The molecule has 1 heterocycles. The van der Waals surface area contributed by atoms with Crippen LogP contribution >= 0.6 is 0 Å². The van der Waals surface area contributed by atoms with Gasteiger partial charge in [-0.1, -0.05) is 38.7 Å². The average molecular weight is 173 g/mol. The van der Waals surface area contributed by atoms with E-state index in [1.807, 2.05) is 18.3 Å². The van der Waals surface area contributed by atoms with Gasteiger partial charge >= 0.3 is 0 Å². The molecule has 0 aliphatic heterocycles. The van der Waals surface area contributed by atoms with Crippen molar-refractivity contribution in [3.63, 3.8) is 0 Å². The first-order valence-corrected chi connectivity index (χ1v) is 4.55. The van der Waals surface area contributed by atoms with Crippen molar-refractivity contribution in [3.05, 3.63) is 41.0 Å². The molecular weight excluding hydrogens is 158 g/mol. The molecule has 0 saturated carbocycles. The average Bonchev–Trinajstić information content (AvgIpc) is 2.11. The molecule has 0 spiro atoms. The van der Waals surface area contributed by atoms with Crippen molar-refractivity contribution in [1.29, 1.82) is 0 Å². The van der Waals surface area contributed by atoms with Crippen LogP contribution in [-0.2, 0) is 6.42 Å². The van der Waals surface area contributed by atoms with Crippen LogP contribution in [0.15, 0.2) is 24.9 Å². The van der Waals surface area contributed by atoms with Gasteiger partial charge in [0.25, 0.3) is 0 Å². The second-order valence-corrected chi connectivity index (χ2v) is 2.98. The van der Waals surface area contributed by atoms with Gasteiger partial charge < -0.3 is 0 Å². The summed E-state index contributed by atoms with van der Waals surface area (Å²) in [7, 11) is 0. The van der Waals surface area contributed by atoms with Gasteiger partial charge in [0, 0.05) is 11.4 Å². The van der Waals surface area contributed by atoms with E-state index in [2.05, 4.69) is 25.1 Å². The quantitative estimate of drug-likeness (QED) is 0.673. The minimum atomic E-state index is 0.839. The second-order valence-electron chi connectivity index (χ2n) is 2.98. The topological polar surface area (TPSA) is 12.9 Å². The van der Waals surface area contributed by atoms with E-state index in [9.17, 15) is 0 Å². The Labute approximate surface area is 79.1 Å². The molecule has 0 amide bonds. The number of allylic oxidation sites excluding steroid dienone is 1. The van der Waals surface area contributed by atoms with Crippen LogP contribution in [0.1, 0.15) is 18.9 Å². The van der Waals surface area contributed by atoms with Gasteiger partial charge in [0.05, 0.1) is 5.35 Å². The Bertz CT molecular complexity index is 390. The summed E-state index contributed by atoms with van der Waals surface area (Å²) in [6.45, 7) is 9.75. The molecule has 13 heavy (non-hydrogen) atoms. The van der Waals surface area contributed by atoms with Gasteiger partial charge in [-0.05, 0) is 18.1 Å². The minimum absolute atomic E-state index is 0.839. The normalized spacial score (nSPS) is 11.6. The number of aromatic nitrogens is 1. The van der Waals surface area contributed by atoms with E-state index >= 15 is 0 Å². The predicted molar refractivity (Wildman–Crippen MR) is 57.7 cm³/mol. The Morgan fingerprint density at radius 3 is 2.92 bits per heavy atom. The fourth-order valence-electron chi connectivity index (χ4n) is 1.37. The number of aryl methyl sites for hydroxylation is 1. The summed E-state index contributed by atoms with van der Waals surface area (Å²) >= 11 is 0. The highest BCUT2D eigenvalue weighted by Crippen LogP contribution is 1.92. The number of pyridine rings is 1. The van der Waals surface area contributed by atoms with Crippen molar-refractivity contribution in [3.8, 4) is 0 Å². The smallest absolute Gasteiger partial charge is 0.0632 e. The van der Waals surface area contributed by atoms with Crippen LogP contribution < -0.4 is 10.6 Å². The monoisotopic (exact) mass is 173 g/mol. The predicted octanol–water partition coefficient (Wildman–Crippen LogP) is 1.41. The zero-order chi connectivity index (χ0) is 9.68. The summed E-state index contributed by atoms with van der Waals surface area (Å²) in [5.74, 6) is 0. The van der Waals surface area contributed by atoms with Gasteiger partial charge in [-0.15, -0.1) is 0 Å². The van der Waals surface area contributed by atoms with Crippen molar-refractivity contribution in [2.75, 3.05) is 0 Å². The molecule has 0 radical (unpaired) electrons. The van der Waals surface area contributed by atoms with E-state index in [4.69, 9.17) is 0 Å². The van der Waals surface area contributed by atoms with Gasteiger partial charge in [0.2, 0.25) is 0 Å². The van der Waals surface area contributed by atoms with E-state index in [1.165, 1.54) is 5.56 Å². The van der Waals surface area contributed by atoms with E-state index in [1.54, 1.807) is 6.08 Å². The maximum Gasteiger partial charge on any atom is 0.0632 e. The Morgan fingerprint density at radius 2 is 2.31 bits per heavy atom. The summed E-state index contributed by atoms with van der Waals surface area (Å²) in [6.07, 6.45) is 7.78. The van der Waals surface area contributed by atoms with Crippen molar-refractivity contribution in [2.45, 2.75) is 19.8 Å². The molecule has 0 bridgehead atoms. The number of nitrogens with zero attached hydrogens (tertiary/aromatic N) is 1. The third kappa shape index (κ3) is 2.28. The molecule has 1 heteroatoms. The lowest BCUT2D eigenvalue weighted by Gasteiger charge is -1.99. The molecule has 0 atom stereocenters. The Morgan fingerprint density at radius 1 is 1.54 bits per heavy atom. The van der Waals surface area contributed by atoms with E-state index in [0.717, 1.165) is 23.4 Å². The van der Waals surface area contributed by atoms with Crippen molar-refractivity contribution in [2.24, 2.45) is 0 Å². The second kappa shape index (κ2) is 4.61. The van der Waals surface area contributed by atoms with E-state index < -0.39 is 0 Å². The zero-order valence-corrected chi connectivity index (χ0v) is 8.09. The van der Waals surface area contributed by atoms with Crippen LogP contribution in [0.3, 0.4) is 0 Å². The lowest BCUT2D eigenvalue weighted by molar-refractivity contribution is 0.907. The molecule has 1 nitrogen and oxygen atoms in total. The SMILES string of the molecule is C=C/C=c1/c(CCC)ccnc1=C. The number of hydrogen-bond acceptors (Lipinski definition) is 1. The Hall–Kier alpha value is -1.37. The summed E-state index contributed by atoms with van der Waals surface area (Å²) in [5, 5.41) is 1.96. The standard InChI is InChI=1S/C12H15N/c1-4-6-11-8-9-13-10(3)12(11)7-5-2/h5,7-9H,2-4,6H2,1H3/b12-7+. The molecule has 0 aromatic carbocycles. The first-order valence-electron chi connectivity index (χ1n) is 4.55. The van der Waals surface area contributed by atoms with Gasteiger partial charge in [-0.2, -0.15) is 0 Å². The van der Waals surface area contributed by atoms with Crippen molar-refractivity contribution >= 4 is 12.7 Å². The molecule has 68 valence electrons. The van der Waals surface area contributed by atoms with Gasteiger partial charge in [0.1, 0.15) is 0 Å². The third-order valence-corrected chi connectivity index (χ3v) is 1.97. The molecular formula is C12H15N. The summed E-state index contributed by atoms with van der Waals surface area (Å²) in [6, 6.07) is 2.05. The first kappa shape index (κ1) is 9.72. The van der Waals surface area contributed by atoms with Crippen LogP contribution in [0.4, 0.5) is 0 Å². The number of hydrogen-bond donors (Lipinski definition) is 0. The lowest BCUT2D eigenvalue weighted by Crippen LogP contribution is -2.29. The number of rotatable bonds is 3. The lowest BCUT2D eigenvalue weighted by atomic mass is 10.1. The third-order valence-electron chi connectivity index (χ3n) is 1.97. The minimum Gasteiger partial charge on any atom is -0.257 e. The Kier molecular flexibility index (Phi) is 3.44. The fraction of sp³-hybridized carbons (Fsp3) is 0.250. The fourth-order valence-corrected chi connectivity index (χ4v) is 1.37. The first-order chi connectivity index (χ1) is 6.29. The van der Waals surface area contributed by atoms with Crippen molar-refractivity contribution in [1.82, 2.24) is 4.98 Å². The molecule has 1 aromatic rings. The highest BCUT2D eigenvalue weighted by atomic mass is 14.6. The van der Waals surface area contributed by atoms with Gasteiger partial charge in [-0.3, -0.25) is 4.98 Å². The molecule has 0 saturated heterocycles. The maximum absolute atomic E-state index is 4.15. The van der Waals surface area contributed by atoms with E-state index in [-0.39, 0.29) is 0 Å².